The van der Waals surface area contributed by atoms with Gasteiger partial charge in [-0.2, -0.15) is 30.3 Å². The van der Waals surface area contributed by atoms with Crippen LogP contribution >= 0.6 is 19.0 Å². The first-order chi connectivity index (χ1) is 28.3. The molecule has 0 unspecified atom stereocenters. The van der Waals surface area contributed by atoms with Crippen molar-refractivity contribution < 1.29 is 113 Å². The topological polar surface area (TPSA) is 116 Å². The monoisotopic (exact) mass is 1500 g/mol. The van der Waals surface area contributed by atoms with Gasteiger partial charge in [-0.1, -0.05) is 36.4 Å². The molecule has 337 valence electrons. The van der Waals surface area contributed by atoms with E-state index in [9.17, 15) is 0 Å². The summed E-state index contributed by atoms with van der Waals surface area (Å²) < 4.78 is 12.3. The summed E-state index contributed by atoms with van der Waals surface area (Å²) in [6, 6.07) is 32.5. The maximum atomic E-state index is 8.06. The number of hydrogen-bond acceptors (Lipinski definition) is 11. The molecule has 3 aromatic carbocycles. The van der Waals surface area contributed by atoms with Gasteiger partial charge >= 0.3 is 66.2 Å². The molecule has 0 saturated carbocycles. The van der Waals surface area contributed by atoms with Gasteiger partial charge in [-0.25, -0.2) is 34.1 Å². The summed E-state index contributed by atoms with van der Waals surface area (Å²) in [6.07, 6.45) is 12.4. The molecule has 0 saturated heterocycles. The average Bonchev–Trinajstić information content (AvgIpc) is 3.99. The third-order valence-electron chi connectivity index (χ3n) is 8.81. The Morgan fingerprint density at radius 2 is 1.05 bits per heavy atom. The van der Waals surface area contributed by atoms with Crippen molar-refractivity contribution in [3.05, 3.63) is 148 Å². The van der Waals surface area contributed by atoms with Crippen LogP contribution in [0.2, 0.25) is 0 Å². The van der Waals surface area contributed by atoms with Gasteiger partial charge in [-0.3, -0.25) is 0 Å². The van der Waals surface area contributed by atoms with Crippen molar-refractivity contribution in [2.45, 2.75) is 59.7 Å². The standard InChI is InChI=1S/2C14H15N4.C14H14N4.3Ag.2HI.Ir.O/c3*1-11(2)17-10-18(12-6-4-3-5-7-12)14-13(17)15-8-9-16-14;;;;;;;/h2*3-11H,1-2H3;3-6,8-11H,1-2H3;;;;2*1H;;/q-1;+1;-2;;;+1;;;;/p-2. The van der Waals surface area contributed by atoms with Gasteiger partial charge in [-0.05, 0) is 77.9 Å². The number of rotatable bonds is 6. The molecule has 0 N–H and O–H groups in total. The molecule has 0 atom stereocenters. The molecular formula is C42H44Ag3I2IrN12O-3. The van der Waals surface area contributed by atoms with Crippen LogP contribution in [-0.2, 0) is 84.0 Å². The first kappa shape index (κ1) is 54.8. The van der Waals surface area contributed by atoms with Gasteiger partial charge in [0.05, 0.1) is 12.2 Å². The van der Waals surface area contributed by atoms with Crippen molar-refractivity contribution in [2.24, 2.45) is 0 Å². The molecule has 0 aliphatic carbocycles. The van der Waals surface area contributed by atoms with E-state index in [1.165, 1.54) is 0 Å². The molecule has 4 aromatic heterocycles. The zero-order chi connectivity index (χ0) is 41.6. The Labute approximate surface area is 439 Å². The molecule has 0 bridgehead atoms. The van der Waals surface area contributed by atoms with Crippen LogP contribution in [0.25, 0.3) is 17.0 Å². The second kappa shape index (κ2) is 27.8. The Morgan fingerprint density at radius 1 is 0.607 bits per heavy atom. The first-order valence-corrected chi connectivity index (χ1v) is 23.3. The number of anilines is 6. The third-order valence-corrected chi connectivity index (χ3v) is 8.81. The van der Waals surface area contributed by atoms with Crippen LogP contribution in [0.4, 0.5) is 34.6 Å². The van der Waals surface area contributed by atoms with Crippen molar-refractivity contribution in [2.75, 3.05) is 19.6 Å². The van der Waals surface area contributed by atoms with E-state index >= 15 is 0 Å². The molecular weight excluding hydrogens is 1460 g/mol. The van der Waals surface area contributed by atoms with Gasteiger partial charge in [0, 0.05) is 73.0 Å². The number of hydrogen-bond donors (Lipinski definition) is 0. The summed E-state index contributed by atoms with van der Waals surface area (Å²) in [6.45, 7) is 16.9. The van der Waals surface area contributed by atoms with Crippen LogP contribution in [0.1, 0.15) is 47.6 Å². The predicted octanol–water partition coefficient (Wildman–Crippen LogP) is 5.77. The van der Waals surface area contributed by atoms with E-state index in [0.717, 1.165) is 51.6 Å². The number of fused-ring (bicyclic) bond motifs is 3. The zero-order valence-electron chi connectivity index (χ0n) is 33.8. The van der Waals surface area contributed by atoms with Crippen LogP contribution in [0.15, 0.2) is 128 Å². The van der Waals surface area contributed by atoms with E-state index in [0.29, 0.717) is 18.1 Å². The van der Waals surface area contributed by atoms with Crippen LogP contribution in [0.3, 0.4) is 0 Å². The Bertz CT molecular complexity index is 2220. The summed E-state index contributed by atoms with van der Waals surface area (Å²) in [4.78, 5) is 34.9. The summed E-state index contributed by atoms with van der Waals surface area (Å²) in [5.74, 6) is 3.55. The zero-order valence-corrected chi connectivity index (χ0v) is 44.9. The minimum absolute atomic E-state index is 0. The Morgan fingerprint density at radius 3 is 1.54 bits per heavy atom. The Hall–Kier alpha value is -2.30. The van der Waals surface area contributed by atoms with Crippen LogP contribution in [0, 0.1) is 19.4 Å². The second-order valence-electron chi connectivity index (χ2n) is 13.5. The van der Waals surface area contributed by atoms with E-state index in [1.807, 2.05) is 91.3 Å². The van der Waals surface area contributed by atoms with Gasteiger partial charge in [0.2, 0.25) is 0 Å². The third kappa shape index (κ3) is 13.6. The van der Waals surface area contributed by atoms with Crippen LogP contribution < -0.4 is 48.1 Å². The number of para-hydroxylation sites is 3. The molecule has 7 aromatic rings. The maximum absolute atomic E-state index is 8.06. The van der Waals surface area contributed by atoms with E-state index in [1.54, 1.807) is 58.2 Å². The fourth-order valence-corrected chi connectivity index (χ4v) is 6.13. The number of aromatic nitrogens is 8. The fourth-order valence-electron chi connectivity index (χ4n) is 6.13. The van der Waals surface area contributed by atoms with Gasteiger partial charge in [0.15, 0.2) is 6.33 Å². The van der Waals surface area contributed by atoms with Crippen molar-refractivity contribution >= 4 is 65.0 Å². The molecule has 0 fully saturated rings. The second-order valence-corrected chi connectivity index (χ2v) is 13.5. The van der Waals surface area contributed by atoms with E-state index in [2.05, 4.69) is 156 Å². The van der Waals surface area contributed by atoms with E-state index in [4.69, 9.17) is 3.25 Å². The van der Waals surface area contributed by atoms with Crippen molar-refractivity contribution in [1.29, 1.82) is 0 Å². The predicted molar refractivity (Wildman–Crippen MR) is 228 cm³/mol. The number of halogens is 2. The van der Waals surface area contributed by atoms with Crippen molar-refractivity contribution in [3.63, 3.8) is 0 Å². The van der Waals surface area contributed by atoms with Crippen LogP contribution in [0.5, 0.6) is 0 Å². The van der Waals surface area contributed by atoms with Crippen molar-refractivity contribution in [1.82, 2.24) is 34.5 Å². The summed E-state index contributed by atoms with van der Waals surface area (Å²) in [5, 5.41) is 0. The molecule has 19 heteroatoms. The first-order valence-electron chi connectivity index (χ1n) is 18.3. The van der Waals surface area contributed by atoms with Gasteiger partial charge in [0.1, 0.15) is 35.2 Å². The minimum atomic E-state index is 0. The number of nitrogens with zero attached hydrogens (tertiary/aromatic N) is 12. The molecule has 9 rings (SSSR count). The quantitative estimate of drug-likeness (QED) is 0.0875. The number of imidazole rings is 1. The fraction of sp³-hybridized carbons (Fsp3) is 0.214. The van der Waals surface area contributed by atoms with E-state index in [-0.39, 0.29) is 66.5 Å². The molecule has 2 aliphatic heterocycles. The molecule has 6 heterocycles. The van der Waals surface area contributed by atoms with Gasteiger partial charge in [-0.15, -0.1) is 24.0 Å². The normalized spacial score (nSPS) is 11.9. The van der Waals surface area contributed by atoms with Crippen molar-refractivity contribution in [3.8, 4) is 5.69 Å². The molecule has 61 heavy (non-hydrogen) atoms. The summed E-state index contributed by atoms with van der Waals surface area (Å²) in [5.41, 5.74) is 4.97. The Balaban J connectivity index is 0.000000295. The molecule has 2 radical (unpaired) electrons. The van der Waals surface area contributed by atoms with Gasteiger partial charge in [0.25, 0.3) is 5.65 Å². The van der Waals surface area contributed by atoms with Crippen LogP contribution in [-0.4, -0.2) is 46.6 Å². The number of benzene rings is 3. The summed E-state index contributed by atoms with van der Waals surface area (Å²) in [7, 11) is 0. The molecule has 0 amide bonds. The molecule has 0 spiro atoms. The molecule has 2 aliphatic rings. The average molecular weight is 1500 g/mol. The summed E-state index contributed by atoms with van der Waals surface area (Å²) >= 11 is 6.58. The van der Waals surface area contributed by atoms with Gasteiger partial charge < -0.3 is 43.6 Å². The van der Waals surface area contributed by atoms with E-state index < -0.39 is 0 Å². The molecule has 13 nitrogen and oxygen atoms in total. The SMILES string of the molecule is CC(C)N1[CH-]N(c2[c-]cccc2)c2nccnc21.CC(C)N1[CH-]N(c2ccccc2)c2nccnc21.CC(C)[n+]1cn(-c2ccccc2)c2nccnc21.[Ag].[Ag][I].[I-].[Ir].[O]=[Ag]. The Kier molecular flexibility index (Phi) is 25.0.